The van der Waals surface area contributed by atoms with Crippen LogP contribution < -0.4 is 4.74 Å². The summed E-state index contributed by atoms with van der Waals surface area (Å²) in [7, 11) is 0. The van der Waals surface area contributed by atoms with E-state index in [0.717, 1.165) is 0 Å². The first-order valence-electron chi connectivity index (χ1n) is 8.80. The van der Waals surface area contributed by atoms with Gasteiger partial charge in [-0.1, -0.05) is 24.8 Å². The van der Waals surface area contributed by atoms with Crippen molar-refractivity contribution in [3.63, 3.8) is 0 Å². The van der Waals surface area contributed by atoms with Gasteiger partial charge in [-0.25, -0.2) is 4.79 Å². The predicted molar refractivity (Wildman–Crippen MR) is 98.2 cm³/mol. The number of ether oxygens (including phenoxy) is 4. The van der Waals surface area contributed by atoms with Crippen LogP contribution in [0.15, 0.2) is 42.5 Å². The van der Waals surface area contributed by atoms with Crippen molar-refractivity contribution < 1.29 is 38.1 Å². The minimum atomic E-state index is -2.51. The molecule has 0 heterocycles. The standard InChI is InChI=1S/C20H24O8/c1-5-25-17(22)20(18(23)26-6-2,19(24)27-7-3)13-14(4)16(21)28-15-11-9-8-10-12-15/h8-12H,4-7,13H2,1-3H3. The van der Waals surface area contributed by atoms with Gasteiger partial charge in [0, 0.05) is 12.0 Å². The Morgan fingerprint density at radius 2 is 1.25 bits per heavy atom. The molecule has 1 aromatic rings. The molecule has 0 radical (unpaired) electrons. The molecule has 0 atom stereocenters. The van der Waals surface area contributed by atoms with Crippen LogP contribution in [-0.4, -0.2) is 43.7 Å². The van der Waals surface area contributed by atoms with E-state index in [2.05, 4.69) is 6.58 Å². The monoisotopic (exact) mass is 392 g/mol. The zero-order valence-corrected chi connectivity index (χ0v) is 16.2. The van der Waals surface area contributed by atoms with E-state index in [9.17, 15) is 19.2 Å². The van der Waals surface area contributed by atoms with Crippen LogP contribution >= 0.6 is 0 Å². The number of carbonyl (C=O) groups is 4. The minimum Gasteiger partial charge on any atom is -0.465 e. The Morgan fingerprint density at radius 1 is 0.821 bits per heavy atom. The summed E-state index contributed by atoms with van der Waals surface area (Å²) in [4.78, 5) is 50.1. The van der Waals surface area contributed by atoms with Gasteiger partial charge in [0.05, 0.1) is 19.8 Å². The number of carbonyl (C=O) groups excluding carboxylic acids is 4. The van der Waals surface area contributed by atoms with E-state index in [-0.39, 0.29) is 31.1 Å². The molecule has 0 fully saturated rings. The first-order chi connectivity index (χ1) is 13.3. The van der Waals surface area contributed by atoms with Crippen molar-refractivity contribution in [3.8, 4) is 5.75 Å². The molecule has 8 heteroatoms. The van der Waals surface area contributed by atoms with Crippen LogP contribution in [0.3, 0.4) is 0 Å². The quantitative estimate of drug-likeness (QED) is 0.196. The largest absolute Gasteiger partial charge is 0.465 e. The number of benzene rings is 1. The maximum absolute atomic E-state index is 12.6. The van der Waals surface area contributed by atoms with Crippen LogP contribution in [0.1, 0.15) is 27.2 Å². The van der Waals surface area contributed by atoms with Crippen molar-refractivity contribution in [1.82, 2.24) is 0 Å². The summed E-state index contributed by atoms with van der Waals surface area (Å²) in [5.74, 6) is -4.21. The normalized spacial score (nSPS) is 10.5. The predicted octanol–water partition coefficient (Wildman–Crippen LogP) is 2.21. The lowest BCUT2D eigenvalue weighted by molar-refractivity contribution is -0.183. The van der Waals surface area contributed by atoms with E-state index < -0.39 is 35.7 Å². The maximum Gasteiger partial charge on any atom is 0.338 e. The molecule has 0 aliphatic rings. The molecule has 152 valence electrons. The summed E-state index contributed by atoms with van der Waals surface area (Å²) in [6.45, 7) is 7.81. The fraction of sp³-hybridized carbons (Fsp3) is 0.400. The first kappa shape index (κ1) is 22.9. The van der Waals surface area contributed by atoms with Gasteiger partial charge in [-0.05, 0) is 32.9 Å². The average Bonchev–Trinajstić information content (AvgIpc) is 2.67. The molecule has 0 saturated heterocycles. The Hall–Kier alpha value is -3.16. The van der Waals surface area contributed by atoms with E-state index >= 15 is 0 Å². The second kappa shape index (κ2) is 10.9. The highest BCUT2D eigenvalue weighted by atomic mass is 16.6. The molecule has 8 nitrogen and oxygen atoms in total. The molecule has 0 spiro atoms. The summed E-state index contributed by atoms with van der Waals surface area (Å²) < 4.78 is 19.9. The van der Waals surface area contributed by atoms with Gasteiger partial charge in [0.2, 0.25) is 0 Å². The number of esters is 4. The zero-order chi connectivity index (χ0) is 21.2. The summed E-state index contributed by atoms with van der Waals surface area (Å²) in [5.41, 5.74) is -2.80. The third kappa shape index (κ3) is 5.42. The number of hydrogen-bond acceptors (Lipinski definition) is 8. The molecule has 0 amide bonds. The number of hydrogen-bond donors (Lipinski definition) is 0. The van der Waals surface area contributed by atoms with Crippen molar-refractivity contribution in [2.75, 3.05) is 19.8 Å². The molecule has 0 unspecified atom stereocenters. The first-order valence-corrected chi connectivity index (χ1v) is 8.80. The molecule has 1 aromatic carbocycles. The van der Waals surface area contributed by atoms with Crippen LogP contribution in [0.2, 0.25) is 0 Å². The SMILES string of the molecule is C=C(CC(C(=O)OCC)(C(=O)OCC)C(=O)OCC)C(=O)Oc1ccccc1. The molecule has 0 bridgehead atoms. The van der Waals surface area contributed by atoms with Crippen molar-refractivity contribution >= 4 is 23.9 Å². The highest BCUT2D eigenvalue weighted by molar-refractivity contribution is 6.18. The molecule has 1 rings (SSSR count). The summed E-state index contributed by atoms with van der Waals surface area (Å²) in [6.07, 6.45) is -0.699. The third-order valence-corrected chi connectivity index (χ3v) is 3.59. The summed E-state index contributed by atoms with van der Waals surface area (Å²) >= 11 is 0. The van der Waals surface area contributed by atoms with Crippen LogP contribution in [0.25, 0.3) is 0 Å². The van der Waals surface area contributed by atoms with Gasteiger partial charge in [0.15, 0.2) is 0 Å². The Morgan fingerprint density at radius 3 is 1.64 bits per heavy atom. The second-order valence-electron chi connectivity index (χ2n) is 5.55. The van der Waals surface area contributed by atoms with Gasteiger partial charge >= 0.3 is 23.9 Å². The number of rotatable bonds is 10. The average molecular weight is 392 g/mol. The van der Waals surface area contributed by atoms with E-state index in [4.69, 9.17) is 18.9 Å². The topological polar surface area (TPSA) is 105 Å². The molecule has 0 saturated carbocycles. The van der Waals surface area contributed by atoms with E-state index in [1.807, 2.05) is 0 Å². The van der Waals surface area contributed by atoms with Crippen molar-refractivity contribution in [2.45, 2.75) is 27.2 Å². The van der Waals surface area contributed by atoms with E-state index in [0.29, 0.717) is 0 Å². The number of para-hydroxylation sites is 1. The molecule has 0 aliphatic heterocycles. The zero-order valence-electron chi connectivity index (χ0n) is 16.2. The molecule has 0 aliphatic carbocycles. The van der Waals surface area contributed by atoms with Gasteiger partial charge in [0.1, 0.15) is 5.75 Å². The van der Waals surface area contributed by atoms with Gasteiger partial charge in [-0.3, -0.25) is 14.4 Å². The lowest BCUT2D eigenvalue weighted by atomic mass is 9.81. The van der Waals surface area contributed by atoms with Gasteiger partial charge < -0.3 is 18.9 Å². The molecule has 28 heavy (non-hydrogen) atoms. The van der Waals surface area contributed by atoms with Crippen LogP contribution in [0, 0.1) is 5.41 Å². The maximum atomic E-state index is 12.6. The molecular weight excluding hydrogens is 368 g/mol. The fourth-order valence-electron chi connectivity index (χ4n) is 2.29. The summed E-state index contributed by atoms with van der Waals surface area (Å²) in [5, 5.41) is 0. The van der Waals surface area contributed by atoms with Crippen LogP contribution in [0.5, 0.6) is 5.75 Å². The van der Waals surface area contributed by atoms with Crippen LogP contribution in [-0.2, 0) is 33.4 Å². The fourth-order valence-corrected chi connectivity index (χ4v) is 2.29. The Bertz CT molecular complexity index is 677. The third-order valence-electron chi connectivity index (χ3n) is 3.59. The van der Waals surface area contributed by atoms with Gasteiger partial charge in [-0.15, -0.1) is 0 Å². The smallest absolute Gasteiger partial charge is 0.338 e. The Balaban J connectivity index is 3.22. The van der Waals surface area contributed by atoms with Crippen LogP contribution in [0.4, 0.5) is 0 Å². The Kier molecular flexibility index (Phi) is 8.87. The highest BCUT2D eigenvalue weighted by Crippen LogP contribution is 2.32. The van der Waals surface area contributed by atoms with Gasteiger partial charge in [-0.2, -0.15) is 0 Å². The van der Waals surface area contributed by atoms with E-state index in [1.54, 1.807) is 30.3 Å². The molecule has 0 aromatic heterocycles. The molecule has 0 N–H and O–H groups in total. The molecular formula is C20H24O8. The van der Waals surface area contributed by atoms with Crippen molar-refractivity contribution in [2.24, 2.45) is 5.41 Å². The van der Waals surface area contributed by atoms with Gasteiger partial charge in [0.25, 0.3) is 5.41 Å². The van der Waals surface area contributed by atoms with Crippen molar-refractivity contribution in [1.29, 1.82) is 0 Å². The lowest BCUT2D eigenvalue weighted by Gasteiger charge is -2.27. The summed E-state index contributed by atoms with van der Waals surface area (Å²) in [6, 6.07) is 8.14. The highest BCUT2D eigenvalue weighted by Gasteiger charge is 2.58. The van der Waals surface area contributed by atoms with E-state index in [1.165, 1.54) is 20.8 Å². The van der Waals surface area contributed by atoms with Crippen molar-refractivity contribution in [3.05, 3.63) is 42.5 Å². The Labute approximate surface area is 163 Å². The lowest BCUT2D eigenvalue weighted by Crippen LogP contribution is -2.50. The second-order valence-corrected chi connectivity index (χ2v) is 5.55. The minimum absolute atomic E-state index is 0.0969.